The third kappa shape index (κ3) is 5.58. The maximum Gasteiger partial charge on any atom is 0.266 e. The predicted octanol–water partition coefficient (Wildman–Crippen LogP) is 3.27. The van der Waals surface area contributed by atoms with Crippen molar-refractivity contribution in [1.29, 1.82) is 0 Å². The third-order valence-corrected chi connectivity index (χ3v) is 6.78. The Kier molecular flexibility index (Phi) is 8.06. The molecule has 2 amide bonds. The summed E-state index contributed by atoms with van der Waals surface area (Å²) in [5.41, 5.74) is 10.4. The van der Waals surface area contributed by atoms with Crippen LogP contribution in [0.2, 0.25) is 0 Å². The Labute approximate surface area is 216 Å². The van der Waals surface area contributed by atoms with Gasteiger partial charge in [0.15, 0.2) is 0 Å². The molecule has 4 rings (SSSR count). The van der Waals surface area contributed by atoms with Crippen LogP contribution in [0.25, 0.3) is 10.9 Å². The molecule has 1 aromatic heterocycles. The molecule has 0 saturated carbocycles. The number of nitrogens with zero attached hydrogens (tertiary/aromatic N) is 2. The van der Waals surface area contributed by atoms with Crippen molar-refractivity contribution < 1.29 is 24.3 Å². The molecule has 1 aliphatic rings. The second-order valence-corrected chi connectivity index (χ2v) is 9.88. The molecule has 1 aliphatic heterocycles. The summed E-state index contributed by atoms with van der Waals surface area (Å²) in [5, 5.41) is 10.2. The molecule has 4 N–H and O–H groups in total. The maximum atomic E-state index is 13.4. The van der Waals surface area contributed by atoms with Gasteiger partial charge in [0.05, 0.1) is 17.8 Å². The van der Waals surface area contributed by atoms with Gasteiger partial charge in [-0.05, 0) is 48.6 Å². The largest absolute Gasteiger partial charge is 0.489 e. The number of hydrogen-bond acceptors (Lipinski definition) is 7. The Morgan fingerprint density at radius 1 is 1.19 bits per heavy atom. The molecular formula is C28H34N4O5. The Bertz CT molecular complexity index is 1260. The van der Waals surface area contributed by atoms with E-state index in [1.54, 1.807) is 36.9 Å². The molecule has 37 heavy (non-hydrogen) atoms. The second kappa shape index (κ2) is 11.2. The molecule has 0 radical (unpaired) electrons. The highest BCUT2D eigenvalue weighted by Crippen LogP contribution is 2.34. The van der Waals surface area contributed by atoms with Gasteiger partial charge in [0.2, 0.25) is 5.91 Å². The molecule has 9 heteroatoms. The van der Waals surface area contributed by atoms with E-state index in [1.165, 1.54) is 4.90 Å². The van der Waals surface area contributed by atoms with Crippen LogP contribution in [0.15, 0.2) is 54.6 Å². The van der Waals surface area contributed by atoms with Gasteiger partial charge in [-0.1, -0.05) is 44.2 Å². The van der Waals surface area contributed by atoms with Gasteiger partial charge in [-0.3, -0.25) is 19.8 Å². The van der Waals surface area contributed by atoms with Crippen LogP contribution in [-0.2, 0) is 33.1 Å². The van der Waals surface area contributed by atoms with Crippen LogP contribution in [0, 0.1) is 5.92 Å². The monoisotopic (exact) mass is 506 g/mol. The van der Waals surface area contributed by atoms with E-state index < -0.39 is 17.5 Å². The molecule has 0 aliphatic carbocycles. The number of amides is 2. The van der Waals surface area contributed by atoms with Crippen molar-refractivity contribution in [2.75, 3.05) is 13.7 Å². The van der Waals surface area contributed by atoms with Crippen molar-refractivity contribution in [2.45, 2.75) is 51.5 Å². The van der Waals surface area contributed by atoms with Crippen LogP contribution >= 0.6 is 0 Å². The Morgan fingerprint density at radius 2 is 1.92 bits per heavy atom. The molecule has 2 heterocycles. The van der Waals surface area contributed by atoms with Crippen LogP contribution in [0.4, 0.5) is 0 Å². The molecule has 1 saturated heterocycles. The number of fused-ring (bicyclic) bond motifs is 1. The topological polar surface area (TPSA) is 127 Å². The number of carbonyl (C=O) groups excluding carboxylic acids is 2. The van der Waals surface area contributed by atoms with Crippen LogP contribution in [0.5, 0.6) is 5.75 Å². The zero-order valence-corrected chi connectivity index (χ0v) is 21.4. The molecule has 9 nitrogen and oxygen atoms in total. The molecule has 3 aromatic rings. The van der Waals surface area contributed by atoms with E-state index in [9.17, 15) is 14.8 Å². The van der Waals surface area contributed by atoms with Crippen LogP contribution in [0.1, 0.15) is 43.5 Å². The number of rotatable bonds is 10. The van der Waals surface area contributed by atoms with E-state index in [0.29, 0.717) is 43.9 Å². The van der Waals surface area contributed by atoms with Crippen molar-refractivity contribution in [3.05, 3.63) is 71.4 Å². The minimum atomic E-state index is -1.25. The van der Waals surface area contributed by atoms with Crippen LogP contribution in [0.3, 0.4) is 0 Å². The van der Waals surface area contributed by atoms with Gasteiger partial charge in [0.1, 0.15) is 23.9 Å². The molecule has 2 atom stereocenters. The minimum Gasteiger partial charge on any atom is -0.489 e. The van der Waals surface area contributed by atoms with Gasteiger partial charge in [0, 0.05) is 24.6 Å². The molecule has 1 fully saturated rings. The Hall–Kier alpha value is -3.53. The lowest BCUT2D eigenvalue weighted by Crippen LogP contribution is -2.52. The number of likely N-dealkylation sites (tertiary alicyclic amines) is 1. The molecule has 0 spiro atoms. The Balaban J connectivity index is 1.49. The van der Waals surface area contributed by atoms with Gasteiger partial charge in [-0.15, -0.1) is 0 Å². The quantitative estimate of drug-likeness (QED) is 0.284. The third-order valence-electron chi connectivity index (χ3n) is 6.78. The normalized spacial score (nSPS) is 18.4. The minimum absolute atomic E-state index is 0.155. The van der Waals surface area contributed by atoms with E-state index in [4.69, 9.17) is 15.2 Å². The second-order valence-electron chi connectivity index (χ2n) is 9.88. The number of para-hydroxylation sites is 1. The van der Waals surface area contributed by atoms with Crippen LogP contribution < -0.4 is 16.0 Å². The van der Waals surface area contributed by atoms with E-state index in [-0.39, 0.29) is 11.8 Å². The van der Waals surface area contributed by atoms with E-state index >= 15 is 0 Å². The van der Waals surface area contributed by atoms with Gasteiger partial charge < -0.3 is 20.1 Å². The first kappa shape index (κ1) is 26.5. The number of carbonyl (C=O) groups is 2. The molecule has 2 aromatic carbocycles. The summed E-state index contributed by atoms with van der Waals surface area (Å²) >= 11 is 0. The summed E-state index contributed by atoms with van der Waals surface area (Å²) in [6, 6.07) is 16.3. The summed E-state index contributed by atoms with van der Waals surface area (Å²) in [4.78, 5) is 31.8. The summed E-state index contributed by atoms with van der Waals surface area (Å²) in [5.74, 6) is -0.139. The maximum absolute atomic E-state index is 13.4. The number of aromatic nitrogens is 1. The highest BCUT2D eigenvalue weighted by atomic mass is 16.5. The number of nitrogens with two attached hydrogens (primary N) is 1. The number of nitrogens with one attached hydrogen (secondary N) is 1. The first-order chi connectivity index (χ1) is 17.8. The van der Waals surface area contributed by atoms with E-state index in [2.05, 4.69) is 4.98 Å². The summed E-state index contributed by atoms with van der Waals surface area (Å²) < 4.78 is 11.3. The lowest BCUT2D eigenvalue weighted by Gasteiger charge is -2.30. The highest BCUT2D eigenvalue weighted by Gasteiger charge is 2.48. The van der Waals surface area contributed by atoms with E-state index in [0.717, 1.165) is 22.2 Å². The van der Waals surface area contributed by atoms with Crippen molar-refractivity contribution in [1.82, 2.24) is 15.4 Å². The van der Waals surface area contributed by atoms with Gasteiger partial charge in [0.25, 0.3) is 5.91 Å². The Morgan fingerprint density at radius 3 is 2.59 bits per heavy atom. The predicted molar refractivity (Wildman–Crippen MR) is 139 cm³/mol. The number of hydroxylamine groups is 1. The van der Waals surface area contributed by atoms with Crippen molar-refractivity contribution in [2.24, 2.45) is 11.7 Å². The molecule has 196 valence electrons. The average molecular weight is 507 g/mol. The van der Waals surface area contributed by atoms with Crippen molar-refractivity contribution in [3.8, 4) is 5.75 Å². The number of pyridine rings is 1. The average Bonchev–Trinajstić information content (AvgIpc) is 3.20. The van der Waals surface area contributed by atoms with Gasteiger partial charge in [-0.25, -0.2) is 5.48 Å². The lowest BCUT2D eigenvalue weighted by atomic mass is 9.89. The van der Waals surface area contributed by atoms with Gasteiger partial charge >= 0.3 is 0 Å². The standard InChI is InChI=1S/C28H34N4O5/c1-18(2)14-25(26(33)31-35)32-13-12-28(29,27(32)34)20-8-10-22(11-9-20)37-16-19-15-21(17-36-3)30-24-7-5-4-6-23(19)24/h4-11,15,18,25,35H,12-14,16-17,29H2,1-3H3,(H,31,33)/t25-,28-/m1/s1. The lowest BCUT2D eigenvalue weighted by molar-refractivity contribution is -0.144. The number of benzene rings is 2. The molecule has 0 bridgehead atoms. The summed E-state index contributed by atoms with van der Waals surface area (Å²) in [7, 11) is 1.64. The fraction of sp³-hybridized carbons (Fsp3) is 0.393. The zero-order valence-electron chi connectivity index (χ0n) is 21.4. The highest BCUT2D eigenvalue weighted by molar-refractivity contribution is 5.94. The smallest absolute Gasteiger partial charge is 0.266 e. The SMILES string of the molecule is COCc1cc(COc2ccc([C@]3(N)CCN([C@H](CC(C)C)C(=O)NO)C3=O)cc2)c2ccccc2n1. The fourth-order valence-corrected chi connectivity index (χ4v) is 4.88. The zero-order chi connectivity index (χ0) is 26.6. The fourth-order valence-electron chi connectivity index (χ4n) is 4.88. The first-order valence-electron chi connectivity index (χ1n) is 12.4. The first-order valence-corrected chi connectivity index (χ1v) is 12.4. The number of ether oxygens (including phenoxy) is 2. The van der Waals surface area contributed by atoms with E-state index in [1.807, 2.05) is 44.2 Å². The molecular weight excluding hydrogens is 472 g/mol. The summed E-state index contributed by atoms with van der Waals surface area (Å²) in [6.07, 6.45) is 0.793. The molecule has 0 unspecified atom stereocenters. The van der Waals surface area contributed by atoms with Gasteiger partial charge in [-0.2, -0.15) is 0 Å². The van der Waals surface area contributed by atoms with Crippen LogP contribution in [-0.4, -0.2) is 46.6 Å². The number of methoxy groups -OCH3 is 1. The summed E-state index contributed by atoms with van der Waals surface area (Å²) in [6.45, 7) is 5.00. The number of hydrogen-bond donors (Lipinski definition) is 3. The van der Waals surface area contributed by atoms with Crippen molar-refractivity contribution in [3.63, 3.8) is 0 Å². The van der Waals surface area contributed by atoms with Crippen molar-refractivity contribution >= 4 is 22.7 Å².